The van der Waals surface area contributed by atoms with Crippen LogP contribution in [0.2, 0.25) is 0 Å². The number of thiophene rings is 1. The monoisotopic (exact) mass is 466 g/mol. The Morgan fingerprint density at radius 2 is 1.82 bits per heavy atom. The van der Waals surface area contributed by atoms with E-state index in [1.54, 1.807) is 7.11 Å². The van der Waals surface area contributed by atoms with Crippen LogP contribution < -0.4 is 20.3 Å². The second kappa shape index (κ2) is 9.09. The average Bonchev–Trinajstić information content (AvgIpc) is 3.26. The first-order valence-corrected chi connectivity index (χ1v) is 10.5. The van der Waals surface area contributed by atoms with Crippen LogP contribution in [-0.4, -0.2) is 34.6 Å². The highest BCUT2D eigenvalue weighted by atomic mass is 32.1. The lowest BCUT2D eigenvalue weighted by atomic mass is 10.2. The maximum Gasteiger partial charge on any atom is 0.296 e. The van der Waals surface area contributed by atoms with E-state index in [4.69, 9.17) is 9.47 Å². The molecule has 0 saturated carbocycles. The number of benzene rings is 2. The molecule has 2 aromatic carbocycles. The number of hydrogen-bond acceptors (Lipinski definition) is 8. The van der Waals surface area contributed by atoms with E-state index in [9.17, 15) is 19.7 Å². The van der Waals surface area contributed by atoms with Gasteiger partial charge in [-0.3, -0.25) is 24.3 Å². The summed E-state index contributed by atoms with van der Waals surface area (Å²) in [4.78, 5) is 41.3. The van der Waals surface area contributed by atoms with Crippen molar-refractivity contribution in [1.82, 2.24) is 9.55 Å². The molecule has 0 radical (unpaired) electrons. The lowest BCUT2D eigenvalue weighted by Gasteiger charge is -2.08. The Bertz CT molecular complexity index is 1410. The Labute approximate surface area is 191 Å². The highest BCUT2D eigenvalue weighted by molar-refractivity contribution is 7.22. The molecule has 11 heteroatoms. The van der Waals surface area contributed by atoms with Gasteiger partial charge < -0.3 is 14.8 Å². The first-order valence-electron chi connectivity index (χ1n) is 9.65. The lowest BCUT2D eigenvalue weighted by Crippen LogP contribution is -2.27. The maximum absolute atomic E-state index is 12.9. The van der Waals surface area contributed by atoms with Gasteiger partial charge in [0.25, 0.3) is 11.2 Å². The zero-order valence-corrected chi connectivity index (χ0v) is 18.4. The van der Waals surface area contributed by atoms with Crippen molar-refractivity contribution in [3.05, 3.63) is 75.3 Å². The molecule has 33 heavy (non-hydrogen) atoms. The van der Waals surface area contributed by atoms with Crippen LogP contribution in [0.15, 0.2) is 59.7 Å². The minimum Gasteiger partial charge on any atom is -0.497 e. The van der Waals surface area contributed by atoms with Gasteiger partial charge in [-0.1, -0.05) is 0 Å². The number of nitrogens with one attached hydrogen (secondary N) is 1. The van der Waals surface area contributed by atoms with E-state index in [1.165, 1.54) is 47.5 Å². The minimum absolute atomic E-state index is 0.00537. The predicted octanol–water partition coefficient (Wildman–Crippen LogP) is 3.69. The van der Waals surface area contributed by atoms with Crippen molar-refractivity contribution in [1.29, 1.82) is 0 Å². The smallest absolute Gasteiger partial charge is 0.296 e. The van der Waals surface area contributed by atoms with Gasteiger partial charge in [-0.15, -0.1) is 11.3 Å². The van der Waals surface area contributed by atoms with Crippen molar-refractivity contribution < 1.29 is 19.2 Å². The van der Waals surface area contributed by atoms with Crippen molar-refractivity contribution in [2.24, 2.45) is 0 Å². The fraction of sp³-hybridized carbons (Fsp3) is 0.136. The fourth-order valence-corrected chi connectivity index (χ4v) is 4.26. The first kappa shape index (κ1) is 22.0. The second-order valence-corrected chi connectivity index (χ2v) is 7.97. The third-order valence-corrected chi connectivity index (χ3v) is 6.03. The number of carbonyl (C=O) groups is 1. The molecule has 4 aromatic rings. The second-order valence-electron chi connectivity index (χ2n) is 6.92. The molecule has 4 rings (SSSR count). The SMILES string of the molecule is COc1ccc(-c2cc3ncn(CC(=O)Nc4ccc(OC)cc4[N+](=O)[O-])c(=O)c3s2)cc1. The molecular weight excluding hydrogens is 448 g/mol. The van der Waals surface area contributed by atoms with Crippen molar-refractivity contribution in [3.8, 4) is 21.9 Å². The zero-order chi connectivity index (χ0) is 23.5. The number of nitro benzene ring substituents is 1. The molecule has 0 aliphatic rings. The number of anilines is 1. The van der Waals surface area contributed by atoms with E-state index in [0.29, 0.717) is 10.2 Å². The summed E-state index contributed by atoms with van der Waals surface area (Å²) in [7, 11) is 2.97. The van der Waals surface area contributed by atoms with E-state index in [2.05, 4.69) is 10.3 Å². The van der Waals surface area contributed by atoms with Crippen molar-refractivity contribution in [2.75, 3.05) is 19.5 Å². The molecular formula is C22H18N4O6S. The molecule has 1 N–H and O–H groups in total. The van der Waals surface area contributed by atoms with Gasteiger partial charge >= 0.3 is 0 Å². The number of carbonyl (C=O) groups excluding carboxylic acids is 1. The Hall–Kier alpha value is -4.25. The fourth-order valence-electron chi connectivity index (χ4n) is 3.20. The molecule has 168 valence electrons. The molecule has 0 atom stereocenters. The van der Waals surface area contributed by atoms with E-state index in [1.807, 2.05) is 30.3 Å². The number of nitrogens with zero attached hydrogens (tertiary/aromatic N) is 3. The van der Waals surface area contributed by atoms with Gasteiger partial charge in [0.2, 0.25) is 5.91 Å². The maximum atomic E-state index is 12.9. The summed E-state index contributed by atoms with van der Waals surface area (Å²) in [5.41, 5.74) is 0.758. The van der Waals surface area contributed by atoms with Crippen LogP contribution in [0.5, 0.6) is 11.5 Å². The summed E-state index contributed by atoms with van der Waals surface area (Å²) in [5, 5.41) is 13.8. The first-order chi connectivity index (χ1) is 15.9. The molecule has 0 aliphatic heterocycles. The minimum atomic E-state index is -0.621. The molecule has 0 unspecified atom stereocenters. The Morgan fingerprint density at radius 1 is 1.12 bits per heavy atom. The lowest BCUT2D eigenvalue weighted by molar-refractivity contribution is -0.384. The summed E-state index contributed by atoms with van der Waals surface area (Å²) in [5.74, 6) is 0.415. The van der Waals surface area contributed by atoms with Gasteiger partial charge in [-0.05, 0) is 48.0 Å². The zero-order valence-electron chi connectivity index (χ0n) is 17.6. The quantitative estimate of drug-likeness (QED) is 0.325. The largest absolute Gasteiger partial charge is 0.497 e. The number of aromatic nitrogens is 2. The number of hydrogen-bond donors (Lipinski definition) is 1. The van der Waals surface area contributed by atoms with E-state index >= 15 is 0 Å². The highest BCUT2D eigenvalue weighted by Gasteiger charge is 2.18. The van der Waals surface area contributed by atoms with E-state index in [-0.39, 0.29) is 29.2 Å². The van der Waals surface area contributed by atoms with Gasteiger partial charge in [0.05, 0.1) is 37.1 Å². The third kappa shape index (κ3) is 4.53. The van der Waals surface area contributed by atoms with Crippen LogP contribution in [0.25, 0.3) is 20.7 Å². The van der Waals surface area contributed by atoms with Gasteiger partial charge in [0.15, 0.2) is 0 Å². The van der Waals surface area contributed by atoms with Gasteiger partial charge in [0.1, 0.15) is 28.4 Å². The van der Waals surface area contributed by atoms with Gasteiger partial charge in [0, 0.05) is 4.88 Å². The number of fused-ring (bicyclic) bond motifs is 1. The van der Waals surface area contributed by atoms with Crippen molar-refractivity contribution in [3.63, 3.8) is 0 Å². The molecule has 0 saturated heterocycles. The number of ether oxygens (including phenoxy) is 2. The van der Waals surface area contributed by atoms with Crippen molar-refractivity contribution >= 4 is 38.8 Å². The average molecular weight is 466 g/mol. The van der Waals surface area contributed by atoms with Crippen LogP contribution in [0, 0.1) is 10.1 Å². The normalized spacial score (nSPS) is 10.7. The molecule has 2 heterocycles. The van der Waals surface area contributed by atoms with Crippen molar-refractivity contribution in [2.45, 2.75) is 6.54 Å². The Balaban J connectivity index is 1.58. The summed E-state index contributed by atoms with van der Waals surface area (Å²) >= 11 is 1.27. The molecule has 0 fully saturated rings. The van der Waals surface area contributed by atoms with Gasteiger partial charge in [-0.25, -0.2) is 4.98 Å². The predicted molar refractivity (Wildman–Crippen MR) is 124 cm³/mol. The van der Waals surface area contributed by atoms with E-state index < -0.39 is 10.8 Å². The molecule has 0 spiro atoms. The number of rotatable bonds is 7. The number of amides is 1. The van der Waals surface area contributed by atoms with E-state index in [0.717, 1.165) is 16.2 Å². The van der Waals surface area contributed by atoms with Crippen LogP contribution in [-0.2, 0) is 11.3 Å². The molecule has 0 aliphatic carbocycles. The molecule has 0 bridgehead atoms. The third-order valence-electron chi connectivity index (χ3n) is 4.87. The Morgan fingerprint density at radius 3 is 2.48 bits per heavy atom. The van der Waals surface area contributed by atoms with Crippen LogP contribution >= 0.6 is 11.3 Å². The topological polar surface area (TPSA) is 126 Å². The summed E-state index contributed by atoms with van der Waals surface area (Å²) < 4.78 is 11.7. The summed E-state index contributed by atoms with van der Waals surface area (Å²) in [6.45, 7) is -0.347. The van der Waals surface area contributed by atoms with Gasteiger partial charge in [-0.2, -0.15) is 0 Å². The standard InChI is InChI=1S/C22H18N4O6S/c1-31-14-5-3-13(4-6-14)19-10-17-21(33-19)22(28)25(12-23-17)11-20(27)24-16-8-7-15(32-2)9-18(16)26(29)30/h3-10,12H,11H2,1-2H3,(H,24,27). The molecule has 1 amide bonds. The number of nitro groups is 1. The molecule has 2 aromatic heterocycles. The van der Waals surface area contributed by atoms with Crippen LogP contribution in [0.1, 0.15) is 0 Å². The van der Waals surface area contributed by atoms with Crippen LogP contribution in [0.4, 0.5) is 11.4 Å². The van der Waals surface area contributed by atoms with Crippen LogP contribution in [0.3, 0.4) is 0 Å². The highest BCUT2D eigenvalue weighted by Crippen LogP contribution is 2.32. The number of methoxy groups -OCH3 is 2. The summed E-state index contributed by atoms with van der Waals surface area (Å²) in [6, 6.07) is 13.3. The molecule has 10 nitrogen and oxygen atoms in total. The Kier molecular flexibility index (Phi) is 6.05. The summed E-state index contributed by atoms with van der Waals surface area (Å²) in [6.07, 6.45) is 1.29.